The summed E-state index contributed by atoms with van der Waals surface area (Å²) in [5.41, 5.74) is 1.96. The molecule has 0 fully saturated rings. The van der Waals surface area contributed by atoms with Gasteiger partial charge >= 0.3 is 10.8 Å². The molecule has 1 aromatic heterocycles. The van der Waals surface area contributed by atoms with E-state index in [1.165, 1.54) is 23.1 Å². The van der Waals surface area contributed by atoms with E-state index in [1.54, 1.807) is 7.11 Å². The minimum absolute atomic E-state index is 0.0990. The number of nitrogens with one attached hydrogen (secondary N) is 1. The van der Waals surface area contributed by atoms with E-state index in [0.717, 1.165) is 26.8 Å². The minimum atomic E-state index is -0.391. The molecule has 0 spiro atoms. The van der Waals surface area contributed by atoms with Gasteiger partial charge in [-0.1, -0.05) is 53.4 Å². The number of thiazole rings is 1. The Hall–Kier alpha value is -2.51. The van der Waals surface area contributed by atoms with Crippen molar-refractivity contribution in [3.05, 3.63) is 74.2 Å². The van der Waals surface area contributed by atoms with Crippen LogP contribution >= 0.6 is 23.1 Å². The maximum absolute atomic E-state index is 13.0. The number of esters is 1. The van der Waals surface area contributed by atoms with Gasteiger partial charge in [-0.15, -0.1) is 0 Å². The van der Waals surface area contributed by atoms with Gasteiger partial charge < -0.3 is 14.5 Å². The number of ether oxygens (including phenoxy) is 2. The Balaban J connectivity index is 1.69. The van der Waals surface area contributed by atoms with Crippen molar-refractivity contribution >= 4 is 29.1 Å². The fourth-order valence-electron chi connectivity index (χ4n) is 3.83. The number of H-pyrrole nitrogens is 1. The first kappa shape index (κ1) is 16.6. The van der Waals surface area contributed by atoms with Gasteiger partial charge in [-0.25, -0.2) is 0 Å². The van der Waals surface area contributed by atoms with E-state index in [4.69, 9.17) is 9.47 Å². The Morgan fingerprint density at radius 1 is 1.07 bits per heavy atom. The van der Waals surface area contributed by atoms with Gasteiger partial charge in [0.2, 0.25) is 0 Å². The molecule has 136 valence electrons. The number of rotatable bonds is 2. The third-order valence-corrected chi connectivity index (χ3v) is 7.51. The lowest BCUT2D eigenvalue weighted by Gasteiger charge is -2.39. The first-order valence-corrected chi connectivity index (χ1v) is 10.2. The quantitative estimate of drug-likeness (QED) is 0.524. The number of methoxy groups -OCH3 is 1. The van der Waals surface area contributed by atoms with Crippen molar-refractivity contribution in [2.75, 3.05) is 7.11 Å². The van der Waals surface area contributed by atoms with Crippen LogP contribution in [-0.2, 0) is 4.79 Å². The van der Waals surface area contributed by atoms with Crippen molar-refractivity contribution in [2.45, 2.75) is 16.2 Å². The molecule has 7 heteroatoms. The zero-order valence-corrected chi connectivity index (χ0v) is 15.9. The van der Waals surface area contributed by atoms with Crippen LogP contribution in [0.3, 0.4) is 0 Å². The van der Waals surface area contributed by atoms with Crippen LogP contribution in [0.25, 0.3) is 0 Å². The van der Waals surface area contributed by atoms with Gasteiger partial charge in [0.1, 0.15) is 11.5 Å². The lowest BCUT2D eigenvalue weighted by molar-refractivity contribution is -0.140. The van der Waals surface area contributed by atoms with E-state index in [0.29, 0.717) is 5.75 Å². The van der Waals surface area contributed by atoms with Gasteiger partial charge in [-0.05, 0) is 23.8 Å². The molecule has 3 atom stereocenters. The van der Waals surface area contributed by atoms with Gasteiger partial charge in [0.15, 0.2) is 0 Å². The van der Waals surface area contributed by atoms with E-state index in [-0.39, 0.29) is 22.0 Å². The first-order chi connectivity index (χ1) is 13.2. The summed E-state index contributed by atoms with van der Waals surface area (Å²) in [6.07, 6.45) is 0. The Morgan fingerprint density at radius 2 is 1.85 bits per heavy atom. The summed E-state index contributed by atoms with van der Waals surface area (Å²) in [5.74, 6) is 0.513. The third kappa shape index (κ3) is 2.61. The Bertz CT molecular complexity index is 1090. The lowest BCUT2D eigenvalue weighted by Crippen LogP contribution is -2.37. The van der Waals surface area contributed by atoms with Gasteiger partial charge in [-0.3, -0.25) is 9.59 Å². The number of aromatic amines is 1. The lowest BCUT2D eigenvalue weighted by atomic mass is 9.78. The molecule has 0 amide bonds. The molecular weight excluding hydrogens is 382 g/mol. The van der Waals surface area contributed by atoms with Crippen molar-refractivity contribution in [1.82, 2.24) is 4.98 Å². The van der Waals surface area contributed by atoms with Gasteiger partial charge in [0.05, 0.1) is 23.3 Å². The second-order valence-electron chi connectivity index (χ2n) is 6.48. The van der Waals surface area contributed by atoms with Crippen molar-refractivity contribution < 1.29 is 14.3 Å². The SMILES string of the molecule is COc1ccc([C@@H]2Sc3[nH]c(=O)sc3[C@H]3c4ccccc4OC(=O)[C@H]32)cc1. The number of fused-ring (bicyclic) bond motifs is 5. The van der Waals surface area contributed by atoms with E-state index < -0.39 is 5.92 Å². The molecule has 2 aliphatic heterocycles. The van der Waals surface area contributed by atoms with Crippen LogP contribution in [0.5, 0.6) is 11.5 Å². The summed E-state index contributed by atoms with van der Waals surface area (Å²) in [6, 6.07) is 15.3. The standard InChI is InChI=1S/C20H15NO4S2/c1-24-11-8-6-10(7-9-11)16-15-14(17-18(26-16)21-20(23)27-17)12-4-2-3-5-13(12)25-19(15)22/h2-9,14-16H,1H3,(H,21,23)/t14-,15+,16-/m0/s1. The van der Waals surface area contributed by atoms with Crippen LogP contribution in [0.4, 0.5) is 0 Å². The molecular formula is C20H15NO4S2. The zero-order chi connectivity index (χ0) is 18.5. The molecule has 0 bridgehead atoms. The number of carbonyl (C=O) groups is 1. The number of hydrogen-bond acceptors (Lipinski definition) is 6. The van der Waals surface area contributed by atoms with Crippen LogP contribution in [-0.4, -0.2) is 18.1 Å². The number of benzene rings is 2. The smallest absolute Gasteiger partial charge is 0.316 e. The molecule has 1 N–H and O–H groups in total. The largest absolute Gasteiger partial charge is 0.497 e. The molecule has 27 heavy (non-hydrogen) atoms. The molecule has 0 saturated carbocycles. The van der Waals surface area contributed by atoms with Crippen LogP contribution in [0, 0.1) is 5.92 Å². The highest BCUT2D eigenvalue weighted by Crippen LogP contribution is 2.58. The zero-order valence-electron chi connectivity index (χ0n) is 14.3. The Morgan fingerprint density at radius 3 is 2.63 bits per heavy atom. The molecule has 3 heterocycles. The molecule has 5 rings (SSSR count). The second-order valence-corrected chi connectivity index (χ2v) is 8.65. The van der Waals surface area contributed by atoms with Gasteiger partial charge in [-0.2, -0.15) is 0 Å². The third-order valence-electron chi connectivity index (χ3n) is 5.04. The summed E-state index contributed by atoms with van der Waals surface area (Å²) >= 11 is 2.71. The predicted molar refractivity (Wildman–Crippen MR) is 104 cm³/mol. The number of para-hydroxylation sites is 1. The van der Waals surface area contributed by atoms with E-state index >= 15 is 0 Å². The molecule has 2 aliphatic rings. The van der Waals surface area contributed by atoms with Gasteiger partial charge in [0, 0.05) is 16.4 Å². The number of aromatic nitrogens is 1. The summed E-state index contributed by atoms with van der Waals surface area (Å²) in [6.45, 7) is 0. The highest BCUT2D eigenvalue weighted by molar-refractivity contribution is 7.99. The average Bonchev–Trinajstić information content (AvgIpc) is 3.07. The van der Waals surface area contributed by atoms with Crippen molar-refractivity contribution in [1.29, 1.82) is 0 Å². The van der Waals surface area contributed by atoms with Gasteiger partial charge in [0.25, 0.3) is 0 Å². The number of thioether (sulfide) groups is 1. The van der Waals surface area contributed by atoms with Crippen molar-refractivity contribution in [3.8, 4) is 11.5 Å². The predicted octanol–water partition coefficient (Wildman–Crippen LogP) is 3.96. The van der Waals surface area contributed by atoms with Crippen molar-refractivity contribution in [2.24, 2.45) is 5.92 Å². The van der Waals surface area contributed by atoms with Crippen LogP contribution in [0.2, 0.25) is 0 Å². The molecule has 0 aliphatic carbocycles. The maximum Gasteiger partial charge on any atom is 0.316 e. The first-order valence-electron chi connectivity index (χ1n) is 8.50. The van der Waals surface area contributed by atoms with E-state index in [9.17, 15) is 9.59 Å². The fourth-order valence-corrected chi connectivity index (χ4v) is 6.41. The summed E-state index contributed by atoms with van der Waals surface area (Å²) in [4.78, 5) is 28.8. The minimum Gasteiger partial charge on any atom is -0.497 e. The fraction of sp³-hybridized carbons (Fsp3) is 0.200. The van der Waals surface area contributed by atoms with E-state index in [2.05, 4.69) is 4.98 Å². The topological polar surface area (TPSA) is 68.4 Å². The summed E-state index contributed by atoms with van der Waals surface area (Å²) < 4.78 is 10.9. The second kappa shape index (κ2) is 6.28. The molecule has 0 radical (unpaired) electrons. The normalized spacial score (nSPS) is 23.0. The Kier molecular flexibility index (Phi) is 3.87. The summed E-state index contributed by atoms with van der Waals surface area (Å²) in [5, 5.41) is 0.691. The van der Waals surface area contributed by atoms with E-state index in [1.807, 2.05) is 48.5 Å². The number of hydrogen-bond donors (Lipinski definition) is 1. The highest BCUT2D eigenvalue weighted by Gasteiger charge is 2.49. The number of carbonyl (C=O) groups excluding carboxylic acids is 1. The maximum atomic E-state index is 13.0. The monoisotopic (exact) mass is 397 g/mol. The van der Waals surface area contributed by atoms with Crippen LogP contribution in [0.15, 0.2) is 58.4 Å². The average molecular weight is 397 g/mol. The van der Waals surface area contributed by atoms with Crippen LogP contribution in [0.1, 0.15) is 27.2 Å². The Labute approximate surface area is 163 Å². The molecule has 3 aromatic rings. The molecule has 0 saturated heterocycles. The molecule has 5 nitrogen and oxygen atoms in total. The van der Waals surface area contributed by atoms with Crippen molar-refractivity contribution in [3.63, 3.8) is 0 Å². The van der Waals surface area contributed by atoms with Crippen LogP contribution < -0.4 is 14.3 Å². The molecule has 0 unspecified atom stereocenters. The highest BCUT2D eigenvalue weighted by atomic mass is 32.2. The molecule has 2 aromatic carbocycles. The summed E-state index contributed by atoms with van der Waals surface area (Å²) in [7, 11) is 1.62.